The Hall–Kier alpha value is -2.21. The van der Waals surface area contributed by atoms with Gasteiger partial charge in [-0.15, -0.1) is 0 Å². The van der Waals surface area contributed by atoms with Crippen LogP contribution in [0.3, 0.4) is 0 Å². The molecular weight excluding hydrogens is 521 g/mol. The molecule has 0 unspecified atom stereocenters. The third-order valence-corrected chi connectivity index (χ3v) is 8.75. The maximum Gasteiger partial charge on any atom is 0.360 e. The number of hydrogen-bond donors (Lipinski definition) is 1. The smallest absolute Gasteiger partial charge is 0.360 e. The normalized spacial score (nSPS) is 22.2. The van der Waals surface area contributed by atoms with Crippen LogP contribution in [-0.2, 0) is 9.47 Å². The predicted molar refractivity (Wildman–Crippen MR) is 138 cm³/mol. The molecule has 0 radical (unpaired) electrons. The summed E-state index contributed by atoms with van der Waals surface area (Å²) in [5.74, 6) is 0.446. The van der Waals surface area contributed by atoms with Crippen molar-refractivity contribution in [2.45, 2.75) is 54.8 Å². The first kappa shape index (κ1) is 26.4. The Morgan fingerprint density at radius 3 is 2.70 bits per heavy atom. The highest BCUT2D eigenvalue weighted by Crippen LogP contribution is 2.43. The maximum atomic E-state index is 14.2. The van der Waals surface area contributed by atoms with Gasteiger partial charge in [-0.25, -0.2) is 24.1 Å². The minimum atomic E-state index is -1.64. The van der Waals surface area contributed by atoms with E-state index < -0.39 is 18.2 Å². The average Bonchev–Trinajstić information content (AvgIpc) is 3.24. The SMILES string of the molecule is CCOC(=O)c1nc(Sc2ccnc(N3CC(F)(CO)C3)c2Cl)cnc1N1CCC2(CC1)CO[C@@H](C)C2. The van der Waals surface area contributed by atoms with E-state index in [0.717, 1.165) is 39.0 Å². The van der Waals surface area contributed by atoms with Crippen molar-refractivity contribution >= 4 is 41.0 Å². The van der Waals surface area contributed by atoms with Crippen molar-refractivity contribution in [3.63, 3.8) is 0 Å². The molecule has 2 aromatic heterocycles. The van der Waals surface area contributed by atoms with Gasteiger partial charge in [0.25, 0.3) is 0 Å². The summed E-state index contributed by atoms with van der Waals surface area (Å²) in [6.45, 7) is 5.92. The van der Waals surface area contributed by atoms with Crippen molar-refractivity contribution in [3.05, 3.63) is 29.2 Å². The van der Waals surface area contributed by atoms with Gasteiger partial charge in [-0.2, -0.15) is 0 Å². The molecule has 1 N–H and O–H groups in total. The van der Waals surface area contributed by atoms with Crippen molar-refractivity contribution in [3.8, 4) is 0 Å². The molecule has 0 amide bonds. The van der Waals surface area contributed by atoms with Crippen molar-refractivity contribution in [2.24, 2.45) is 5.41 Å². The second kappa shape index (κ2) is 10.5. The van der Waals surface area contributed by atoms with Crippen LogP contribution in [0, 0.1) is 5.41 Å². The van der Waals surface area contributed by atoms with Gasteiger partial charge in [0.2, 0.25) is 0 Å². The molecule has 0 saturated carbocycles. The van der Waals surface area contributed by atoms with Crippen LogP contribution >= 0.6 is 23.4 Å². The molecule has 3 aliphatic rings. The van der Waals surface area contributed by atoms with Crippen LogP contribution in [0.5, 0.6) is 0 Å². The number of esters is 1. The van der Waals surface area contributed by atoms with E-state index in [2.05, 4.69) is 26.8 Å². The van der Waals surface area contributed by atoms with Crippen molar-refractivity contribution in [1.82, 2.24) is 15.0 Å². The lowest BCUT2D eigenvalue weighted by atomic mass is 9.77. The Labute approximate surface area is 224 Å². The van der Waals surface area contributed by atoms with Crippen LogP contribution in [0.2, 0.25) is 5.02 Å². The fourth-order valence-corrected chi connectivity index (χ4v) is 6.41. The van der Waals surface area contributed by atoms with Gasteiger partial charge in [0.1, 0.15) is 10.8 Å². The lowest BCUT2D eigenvalue weighted by Gasteiger charge is -2.44. The summed E-state index contributed by atoms with van der Waals surface area (Å²) in [5.41, 5.74) is -1.26. The molecule has 3 aliphatic heterocycles. The Morgan fingerprint density at radius 2 is 2.05 bits per heavy atom. The second-order valence-corrected chi connectivity index (χ2v) is 11.6. The highest BCUT2D eigenvalue weighted by atomic mass is 35.5. The number of anilines is 2. The van der Waals surface area contributed by atoms with E-state index in [9.17, 15) is 14.3 Å². The first-order valence-electron chi connectivity index (χ1n) is 12.5. The van der Waals surface area contributed by atoms with Crippen LogP contribution in [0.4, 0.5) is 16.0 Å². The number of halogens is 2. The minimum absolute atomic E-state index is 0.0218. The molecule has 200 valence electrons. The van der Waals surface area contributed by atoms with E-state index in [1.165, 1.54) is 11.8 Å². The summed E-state index contributed by atoms with van der Waals surface area (Å²) >= 11 is 7.86. The Bertz CT molecular complexity index is 1160. The summed E-state index contributed by atoms with van der Waals surface area (Å²) in [6.07, 6.45) is 6.51. The molecule has 5 rings (SSSR count). The van der Waals surface area contributed by atoms with Crippen LogP contribution in [0.1, 0.15) is 43.6 Å². The van der Waals surface area contributed by atoms with Gasteiger partial charge in [0.05, 0.1) is 50.2 Å². The number of ether oxygens (including phenoxy) is 2. The van der Waals surface area contributed by atoms with Gasteiger partial charge in [-0.05, 0) is 44.6 Å². The standard InChI is InChI=1S/C25H31ClFN5O4S/c1-3-35-23(34)20-22(31-8-5-24(6-9-31)10-16(2)36-15-24)29-11-18(30-20)37-17-4-7-28-21(19(17)26)32-12-25(27,13-32)14-33/h4,7,11,16,33H,3,5-6,8-10,12-15H2,1-2H3/t16-/m0/s1. The molecule has 1 spiro atoms. The highest BCUT2D eigenvalue weighted by molar-refractivity contribution is 7.99. The van der Waals surface area contributed by atoms with E-state index in [1.807, 2.05) is 0 Å². The molecule has 0 aromatic carbocycles. The first-order chi connectivity index (χ1) is 17.7. The number of rotatable bonds is 7. The molecule has 5 heterocycles. The van der Waals surface area contributed by atoms with Crippen molar-refractivity contribution in [2.75, 3.05) is 55.8 Å². The zero-order chi connectivity index (χ0) is 26.2. The van der Waals surface area contributed by atoms with Crippen LogP contribution in [0.15, 0.2) is 28.4 Å². The number of aliphatic hydroxyl groups is 1. The topological polar surface area (TPSA) is 101 Å². The number of nitrogens with zero attached hydrogens (tertiary/aromatic N) is 5. The van der Waals surface area contributed by atoms with Gasteiger partial charge in [-0.3, -0.25) is 0 Å². The third-order valence-electron chi connectivity index (χ3n) is 7.30. The fourth-order valence-electron chi connectivity index (χ4n) is 5.29. The predicted octanol–water partition coefficient (Wildman–Crippen LogP) is 3.77. The van der Waals surface area contributed by atoms with Gasteiger partial charge < -0.3 is 24.4 Å². The molecule has 12 heteroatoms. The summed E-state index contributed by atoms with van der Waals surface area (Å²) in [4.78, 5) is 30.9. The summed E-state index contributed by atoms with van der Waals surface area (Å²) in [6, 6.07) is 1.74. The second-order valence-electron chi connectivity index (χ2n) is 10.1. The molecule has 3 saturated heterocycles. The molecule has 0 aliphatic carbocycles. The Morgan fingerprint density at radius 1 is 1.30 bits per heavy atom. The first-order valence-corrected chi connectivity index (χ1v) is 13.7. The molecule has 37 heavy (non-hydrogen) atoms. The number of carbonyl (C=O) groups is 1. The third kappa shape index (κ3) is 5.36. The summed E-state index contributed by atoms with van der Waals surface area (Å²) in [5, 5.41) is 10.0. The van der Waals surface area contributed by atoms with E-state index in [4.69, 9.17) is 21.1 Å². The lowest BCUT2D eigenvalue weighted by molar-refractivity contribution is 0.0440. The van der Waals surface area contributed by atoms with E-state index in [1.54, 1.807) is 30.3 Å². The lowest BCUT2D eigenvalue weighted by Crippen LogP contribution is -2.61. The monoisotopic (exact) mass is 551 g/mol. The number of hydrogen-bond acceptors (Lipinski definition) is 10. The number of carbonyl (C=O) groups excluding carboxylic acids is 1. The number of alkyl halides is 1. The van der Waals surface area contributed by atoms with Crippen LogP contribution in [0.25, 0.3) is 0 Å². The maximum absolute atomic E-state index is 14.2. The van der Waals surface area contributed by atoms with Gasteiger partial charge >= 0.3 is 5.97 Å². The number of aliphatic hydroxyl groups excluding tert-OH is 1. The molecule has 3 fully saturated rings. The Balaban J connectivity index is 1.35. The number of aromatic nitrogens is 3. The minimum Gasteiger partial charge on any atom is -0.461 e. The molecule has 0 bridgehead atoms. The average molecular weight is 552 g/mol. The zero-order valence-corrected chi connectivity index (χ0v) is 22.5. The van der Waals surface area contributed by atoms with Gasteiger partial charge in [-0.1, -0.05) is 23.4 Å². The number of pyridine rings is 1. The largest absolute Gasteiger partial charge is 0.461 e. The number of piperidine rings is 1. The Kier molecular flexibility index (Phi) is 7.50. The van der Waals surface area contributed by atoms with E-state index >= 15 is 0 Å². The van der Waals surface area contributed by atoms with Crippen molar-refractivity contribution < 1.29 is 23.8 Å². The van der Waals surface area contributed by atoms with E-state index in [0.29, 0.717) is 26.6 Å². The zero-order valence-electron chi connectivity index (χ0n) is 21.0. The molecule has 2 aromatic rings. The quantitative estimate of drug-likeness (QED) is 0.512. The van der Waals surface area contributed by atoms with Gasteiger partial charge in [0, 0.05) is 24.2 Å². The molecular formula is C25H31ClFN5O4S. The van der Waals surface area contributed by atoms with Crippen molar-refractivity contribution in [1.29, 1.82) is 0 Å². The summed E-state index contributed by atoms with van der Waals surface area (Å²) < 4.78 is 25.3. The summed E-state index contributed by atoms with van der Waals surface area (Å²) in [7, 11) is 0. The van der Waals surface area contributed by atoms with E-state index in [-0.39, 0.29) is 36.9 Å². The van der Waals surface area contributed by atoms with Crippen LogP contribution in [-0.4, -0.2) is 83.8 Å². The molecule has 1 atom stereocenters. The fraction of sp³-hybridized carbons (Fsp3) is 0.600. The molecule has 9 nitrogen and oxygen atoms in total. The van der Waals surface area contributed by atoms with Crippen LogP contribution < -0.4 is 9.80 Å². The highest BCUT2D eigenvalue weighted by Gasteiger charge is 2.44. The van der Waals surface area contributed by atoms with Gasteiger partial charge in [0.15, 0.2) is 17.2 Å².